The minimum atomic E-state index is 0.911. The van der Waals surface area contributed by atoms with Crippen molar-refractivity contribution in [2.45, 2.75) is 0 Å². The summed E-state index contributed by atoms with van der Waals surface area (Å²) in [5, 5.41) is 6.95. The summed E-state index contributed by atoms with van der Waals surface area (Å²) in [4.78, 5) is 2.42. The van der Waals surface area contributed by atoms with Gasteiger partial charge in [0.25, 0.3) is 0 Å². The van der Waals surface area contributed by atoms with Gasteiger partial charge in [0, 0.05) is 32.8 Å². The third kappa shape index (κ3) is 5.04. The van der Waals surface area contributed by atoms with Crippen molar-refractivity contribution in [2.24, 2.45) is 0 Å². The number of furan rings is 1. The molecule has 0 fully saturated rings. The number of fused-ring (bicyclic) bond motifs is 6. The Kier molecular flexibility index (Phi) is 7.18. The summed E-state index contributed by atoms with van der Waals surface area (Å²) in [5.41, 5.74) is 12.3. The number of benzene rings is 9. The van der Waals surface area contributed by atoms with Crippen molar-refractivity contribution in [3.63, 3.8) is 0 Å². The molecule has 0 saturated heterocycles. The van der Waals surface area contributed by atoms with Crippen LogP contribution in [0.15, 0.2) is 205 Å². The van der Waals surface area contributed by atoms with Crippen molar-refractivity contribution in [1.82, 2.24) is 0 Å². The molecule has 10 aromatic rings. The Labute approximate surface area is 302 Å². The molecular formula is C50H33NO. The molecule has 0 radical (unpaired) electrons. The summed E-state index contributed by atoms with van der Waals surface area (Å²) < 4.78 is 6.49. The lowest BCUT2D eigenvalue weighted by Gasteiger charge is -2.29. The van der Waals surface area contributed by atoms with Gasteiger partial charge in [-0.2, -0.15) is 0 Å². The third-order valence-corrected chi connectivity index (χ3v) is 10.3. The van der Waals surface area contributed by atoms with Crippen LogP contribution in [0.3, 0.4) is 0 Å². The predicted molar refractivity (Wildman–Crippen MR) is 220 cm³/mol. The van der Waals surface area contributed by atoms with E-state index in [0.29, 0.717) is 0 Å². The summed E-state index contributed by atoms with van der Waals surface area (Å²) in [6, 6.07) is 71.7. The van der Waals surface area contributed by atoms with E-state index in [9.17, 15) is 0 Å². The summed E-state index contributed by atoms with van der Waals surface area (Å²) >= 11 is 0. The molecular weight excluding hydrogens is 631 g/mol. The fourth-order valence-corrected chi connectivity index (χ4v) is 7.77. The van der Waals surface area contributed by atoms with Gasteiger partial charge in [0.2, 0.25) is 0 Å². The molecule has 0 spiro atoms. The number of hydrogen-bond acceptors (Lipinski definition) is 2. The minimum Gasteiger partial charge on any atom is -0.455 e. The van der Waals surface area contributed by atoms with Crippen LogP contribution >= 0.6 is 0 Å². The highest BCUT2D eigenvalue weighted by Crippen LogP contribution is 2.46. The van der Waals surface area contributed by atoms with Crippen LogP contribution in [0.2, 0.25) is 0 Å². The number of nitrogens with zero attached hydrogens (tertiary/aromatic N) is 1. The molecule has 1 aromatic heterocycles. The van der Waals surface area contributed by atoms with E-state index in [-0.39, 0.29) is 0 Å². The van der Waals surface area contributed by atoms with Crippen LogP contribution in [-0.2, 0) is 0 Å². The van der Waals surface area contributed by atoms with Crippen LogP contribution in [0.5, 0.6) is 0 Å². The molecule has 0 aliphatic heterocycles. The number of anilines is 3. The highest BCUT2D eigenvalue weighted by molar-refractivity contribution is 6.18. The van der Waals surface area contributed by atoms with E-state index in [4.69, 9.17) is 4.42 Å². The van der Waals surface area contributed by atoms with Crippen LogP contribution in [0.1, 0.15) is 0 Å². The predicted octanol–water partition coefficient (Wildman–Crippen LogP) is 14.4. The molecule has 9 aromatic carbocycles. The van der Waals surface area contributed by atoms with E-state index in [1.165, 1.54) is 33.0 Å². The van der Waals surface area contributed by atoms with Gasteiger partial charge in [-0.1, -0.05) is 164 Å². The SMILES string of the molecule is c1ccc(-c2ccc(-c3ccc(N(c4ccccc4-c4cccc5c4ccc4c6ccccc6oc54)c4cccc5ccccc45)cc3)cc2)cc1. The lowest BCUT2D eigenvalue weighted by atomic mass is 9.94. The van der Waals surface area contributed by atoms with Crippen molar-refractivity contribution < 1.29 is 4.42 Å². The summed E-state index contributed by atoms with van der Waals surface area (Å²) in [5.74, 6) is 0. The highest BCUT2D eigenvalue weighted by Gasteiger charge is 2.21. The van der Waals surface area contributed by atoms with E-state index in [2.05, 4.69) is 193 Å². The first-order valence-electron chi connectivity index (χ1n) is 17.8. The zero-order valence-corrected chi connectivity index (χ0v) is 28.4. The first-order valence-corrected chi connectivity index (χ1v) is 17.8. The smallest absolute Gasteiger partial charge is 0.143 e. The van der Waals surface area contributed by atoms with E-state index < -0.39 is 0 Å². The lowest BCUT2D eigenvalue weighted by molar-refractivity contribution is 0.672. The summed E-state index contributed by atoms with van der Waals surface area (Å²) in [6.45, 7) is 0. The molecule has 52 heavy (non-hydrogen) atoms. The van der Waals surface area contributed by atoms with Crippen molar-refractivity contribution in [3.05, 3.63) is 200 Å². The van der Waals surface area contributed by atoms with Gasteiger partial charge in [-0.15, -0.1) is 0 Å². The van der Waals surface area contributed by atoms with E-state index in [0.717, 1.165) is 60.9 Å². The maximum atomic E-state index is 6.49. The quantitative estimate of drug-likeness (QED) is 0.176. The molecule has 0 bridgehead atoms. The Hall–Kier alpha value is -6.90. The van der Waals surface area contributed by atoms with Crippen LogP contribution in [0.25, 0.3) is 76.9 Å². The fraction of sp³-hybridized carbons (Fsp3) is 0. The van der Waals surface area contributed by atoms with Crippen molar-refractivity contribution in [1.29, 1.82) is 0 Å². The Balaban J connectivity index is 1.13. The molecule has 2 heteroatoms. The minimum absolute atomic E-state index is 0.911. The van der Waals surface area contributed by atoms with Crippen molar-refractivity contribution in [3.8, 4) is 33.4 Å². The average molecular weight is 664 g/mol. The number of hydrogen-bond donors (Lipinski definition) is 0. The van der Waals surface area contributed by atoms with Crippen LogP contribution in [-0.4, -0.2) is 0 Å². The molecule has 1 heterocycles. The van der Waals surface area contributed by atoms with E-state index >= 15 is 0 Å². The Morgan fingerprint density at radius 3 is 1.63 bits per heavy atom. The molecule has 0 aliphatic rings. The second kappa shape index (κ2) is 12.5. The molecule has 2 nitrogen and oxygen atoms in total. The second-order valence-electron chi connectivity index (χ2n) is 13.3. The first kappa shape index (κ1) is 30.0. The van der Waals surface area contributed by atoms with Crippen LogP contribution in [0.4, 0.5) is 17.1 Å². The van der Waals surface area contributed by atoms with E-state index in [1.54, 1.807) is 0 Å². The maximum Gasteiger partial charge on any atom is 0.143 e. The van der Waals surface area contributed by atoms with Gasteiger partial charge in [0.05, 0.1) is 11.4 Å². The van der Waals surface area contributed by atoms with Gasteiger partial charge >= 0.3 is 0 Å². The molecule has 0 atom stereocenters. The largest absolute Gasteiger partial charge is 0.455 e. The Morgan fingerprint density at radius 2 is 0.827 bits per heavy atom. The zero-order chi connectivity index (χ0) is 34.4. The summed E-state index contributed by atoms with van der Waals surface area (Å²) in [7, 11) is 0. The lowest BCUT2D eigenvalue weighted by Crippen LogP contribution is -2.11. The molecule has 0 N–H and O–H groups in total. The standard InChI is InChI=1S/C50H33NO/c1-2-12-34(13-3-1)35-24-26-36(27-25-35)37-28-30-39(31-29-37)51(47-22-10-15-38-14-4-5-16-40(38)47)48-21-8-6-17-43(48)41-19-11-20-45-42(41)32-33-46-44-18-7-9-23-49(44)52-50(45)46/h1-33H. The van der Waals surface area contributed by atoms with Crippen LogP contribution < -0.4 is 4.90 Å². The molecule has 10 rings (SSSR count). The third-order valence-electron chi connectivity index (χ3n) is 10.3. The van der Waals surface area contributed by atoms with Crippen molar-refractivity contribution >= 4 is 60.5 Å². The normalized spacial score (nSPS) is 11.5. The topological polar surface area (TPSA) is 16.4 Å². The monoisotopic (exact) mass is 663 g/mol. The van der Waals surface area contributed by atoms with Gasteiger partial charge in [-0.25, -0.2) is 0 Å². The van der Waals surface area contributed by atoms with Crippen molar-refractivity contribution in [2.75, 3.05) is 4.90 Å². The summed E-state index contributed by atoms with van der Waals surface area (Å²) in [6.07, 6.45) is 0. The van der Waals surface area contributed by atoms with Gasteiger partial charge < -0.3 is 9.32 Å². The number of para-hydroxylation sites is 2. The van der Waals surface area contributed by atoms with Gasteiger partial charge in [-0.05, 0) is 75.0 Å². The molecule has 0 amide bonds. The number of rotatable bonds is 6. The molecule has 0 unspecified atom stereocenters. The highest BCUT2D eigenvalue weighted by atomic mass is 16.3. The maximum absolute atomic E-state index is 6.49. The molecule has 0 aliphatic carbocycles. The average Bonchev–Trinajstić information content (AvgIpc) is 3.61. The molecule has 0 saturated carbocycles. The zero-order valence-electron chi connectivity index (χ0n) is 28.4. The van der Waals surface area contributed by atoms with Gasteiger partial charge in [0.15, 0.2) is 0 Å². The van der Waals surface area contributed by atoms with Crippen LogP contribution in [0, 0.1) is 0 Å². The van der Waals surface area contributed by atoms with Gasteiger partial charge in [-0.3, -0.25) is 0 Å². The Morgan fingerprint density at radius 1 is 0.308 bits per heavy atom. The van der Waals surface area contributed by atoms with Gasteiger partial charge in [0.1, 0.15) is 11.2 Å². The molecule has 244 valence electrons. The first-order chi connectivity index (χ1) is 25.8. The second-order valence-corrected chi connectivity index (χ2v) is 13.3. The Bertz CT molecular complexity index is 2880. The van der Waals surface area contributed by atoms with E-state index in [1.807, 2.05) is 12.1 Å². The fourth-order valence-electron chi connectivity index (χ4n) is 7.77.